The van der Waals surface area contributed by atoms with E-state index in [1.807, 2.05) is 30.9 Å². The Hall–Kier alpha value is -1.36. The van der Waals surface area contributed by atoms with Crippen molar-refractivity contribution >= 4 is 29.1 Å². The van der Waals surface area contributed by atoms with Crippen LogP contribution in [0.15, 0.2) is 18.2 Å². The molecule has 0 aliphatic heterocycles. The van der Waals surface area contributed by atoms with E-state index in [1.54, 1.807) is 13.0 Å². The van der Waals surface area contributed by atoms with Gasteiger partial charge in [-0.05, 0) is 50.5 Å². The Bertz CT molecular complexity index is 451. The molecule has 1 aromatic rings. The lowest BCUT2D eigenvalue weighted by atomic mass is 10.1. The summed E-state index contributed by atoms with van der Waals surface area (Å²) in [6.07, 6.45) is 3.20. The van der Waals surface area contributed by atoms with E-state index in [0.717, 1.165) is 17.9 Å². The van der Waals surface area contributed by atoms with Gasteiger partial charge in [-0.3, -0.25) is 0 Å². The van der Waals surface area contributed by atoms with Crippen LogP contribution in [0.4, 0.5) is 11.4 Å². The molecule has 0 amide bonds. The van der Waals surface area contributed by atoms with Gasteiger partial charge in [-0.1, -0.05) is 0 Å². The van der Waals surface area contributed by atoms with Crippen molar-refractivity contribution < 1.29 is 9.53 Å². The number of anilines is 2. The molecule has 0 radical (unpaired) electrons. The minimum atomic E-state index is -0.364. The van der Waals surface area contributed by atoms with Crippen molar-refractivity contribution in [3.8, 4) is 0 Å². The topological polar surface area (TPSA) is 55.6 Å². The van der Waals surface area contributed by atoms with Gasteiger partial charge in [-0.25, -0.2) is 4.79 Å². The molecule has 0 bridgehead atoms. The molecule has 4 nitrogen and oxygen atoms in total. The first-order chi connectivity index (χ1) is 9.51. The number of nitrogens with zero attached hydrogens (tertiary/aromatic N) is 1. The number of ether oxygens (including phenoxy) is 1. The number of carbonyl (C=O) groups excluding carboxylic acids is 1. The molecule has 0 aromatic heterocycles. The SMILES string of the molecule is CCOC(=O)c1cc(N(C)C(C)CCSC)ccc1N. The van der Waals surface area contributed by atoms with Crippen LogP contribution in [0.5, 0.6) is 0 Å². The Kier molecular flexibility index (Phi) is 6.71. The fourth-order valence-electron chi connectivity index (χ4n) is 1.89. The number of nitrogens with two attached hydrogens (primary N) is 1. The maximum atomic E-state index is 11.9. The zero-order valence-corrected chi connectivity index (χ0v) is 13.5. The molecule has 1 aromatic carbocycles. The van der Waals surface area contributed by atoms with Crippen molar-refractivity contribution in [1.29, 1.82) is 0 Å². The molecule has 0 saturated heterocycles. The zero-order valence-electron chi connectivity index (χ0n) is 12.7. The Labute approximate surface area is 125 Å². The molecule has 112 valence electrons. The molecule has 2 N–H and O–H groups in total. The van der Waals surface area contributed by atoms with E-state index in [9.17, 15) is 4.79 Å². The van der Waals surface area contributed by atoms with Crippen molar-refractivity contribution in [1.82, 2.24) is 0 Å². The molecule has 0 saturated carbocycles. The minimum absolute atomic E-state index is 0.350. The molecule has 0 aliphatic rings. The lowest BCUT2D eigenvalue weighted by Gasteiger charge is -2.27. The van der Waals surface area contributed by atoms with Gasteiger partial charge in [-0.2, -0.15) is 11.8 Å². The van der Waals surface area contributed by atoms with Crippen LogP contribution in [0.3, 0.4) is 0 Å². The number of hydrogen-bond donors (Lipinski definition) is 1. The van der Waals surface area contributed by atoms with Gasteiger partial charge in [0.05, 0.1) is 12.2 Å². The van der Waals surface area contributed by atoms with Gasteiger partial charge in [0.1, 0.15) is 0 Å². The smallest absolute Gasteiger partial charge is 0.340 e. The summed E-state index contributed by atoms with van der Waals surface area (Å²) >= 11 is 1.84. The fraction of sp³-hybridized carbons (Fsp3) is 0.533. The molecule has 1 rings (SSSR count). The quantitative estimate of drug-likeness (QED) is 0.619. The zero-order chi connectivity index (χ0) is 15.1. The minimum Gasteiger partial charge on any atom is -0.462 e. The van der Waals surface area contributed by atoms with E-state index < -0.39 is 0 Å². The van der Waals surface area contributed by atoms with Gasteiger partial charge in [0.25, 0.3) is 0 Å². The molecule has 0 heterocycles. The highest BCUT2D eigenvalue weighted by atomic mass is 32.2. The van der Waals surface area contributed by atoms with Crippen molar-refractivity contribution in [2.45, 2.75) is 26.3 Å². The van der Waals surface area contributed by atoms with E-state index in [1.165, 1.54) is 0 Å². The van der Waals surface area contributed by atoms with Crippen LogP contribution in [0.2, 0.25) is 0 Å². The van der Waals surface area contributed by atoms with Gasteiger partial charge >= 0.3 is 5.97 Å². The monoisotopic (exact) mass is 296 g/mol. The largest absolute Gasteiger partial charge is 0.462 e. The van der Waals surface area contributed by atoms with Crippen LogP contribution in [0, 0.1) is 0 Å². The first-order valence-electron chi connectivity index (χ1n) is 6.79. The van der Waals surface area contributed by atoms with E-state index >= 15 is 0 Å². The van der Waals surface area contributed by atoms with Crippen molar-refractivity contribution in [2.24, 2.45) is 0 Å². The number of carbonyl (C=O) groups is 1. The molecule has 5 heteroatoms. The molecule has 20 heavy (non-hydrogen) atoms. The molecule has 1 unspecified atom stereocenters. The van der Waals surface area contributed by atoms with Gasteiger partial charge < -0.3 is 15.4 Å². The Morgan fingerprint density at radius 3 is 2.80 bits per heavy atom. The number of hydrogen-bond acceptors (Lipinski definition) is 5. The average molecular weight is 296 g/mol. The fourth-order valence-corrected chi connectivity index (χ4v) is 2.46. The number of benzene rings is 1. The average Bonchev–Trinajstić information content (AvgIpc) is 2.44. The highest BCUT2D eigenvalue weighted by Gasteiger charge is 2.15. The summed E-state index contributed by atoms with van der Waals surface area (Å²) in [5, 5.41) is 0. The molecular weight excluding hydrogens is 272 g/mol. The molecular formula is C15H24N2O2S. The van der Waals surface area contributed by atoms with E-state index in [-0.39, 0.29) is 5.97 Å². The van der Waals surface area contributed by atoms with Crippen LogP contribution in [0.25, 0.3) is 0 Å². The van der Waals surface area contributed by atoms with Gasteiger partial charge in [0, 0.05) is 24.5 Å². The van der Waals surface area contributed by atoms with Gasteiger partial charge in [-0.15, -0.1) is 0 Å². The lowest BCUT2D eigenvalue weighted by molar-refractivity contribution is 0.0527. The van der Waals surface area contributed by atoms with Crippen molar-refractivity contribution in [2.75, 3.05) is 36.3 Å². The Balaban J connectivity index is 2.91. The first-order valence-corrected chi connectivity index (χ1v) is 8.19. The summed E-state index contributed by atoms with van der Waals surface area (Å²) in [6, 6.07) is 5.91. The summed E-state index contributed by atoms with van der Waals surface area (Å²) in [6.45, 7) is 4.31. The third kappa shape index (κ3) is 4.34. The highest BCUT2D eigenvalue weighted by Crippen LogP contribution is 2.23. The molecule has 0 spiro atoms. The van der Waals surface area contributed by atoms with Crippen molar-refractivity contribution in [3.05, 3.63) is 23.8 Å². The summed E-state index contributed by atoms with van der Waals surface area (Å²) in [5.41, 5.74) is 7.73. The predicted octanol–water partition coefficient (Wildman–Crippen LogP) is 3.02. The Morgan fingerprint density at radius 1 is 1.50 bits per heavy atom. The van der Waals surface area contributed by atoms with Crippen molar-refractivity contribution in [3.63, 3.8) is 0 Å². The van der Waals surface area contributed by atoms with E-state index in [4.69, 9.17) is 10.5 Å². The van der Waals surface area contributed by atoms with Crippen LogP contribution < -0.4 is 10.6 Å². The summed E-state index contributed by atoms with van der Waals surface area (Å²) in [4.78, 5) is 14.0. The van der Waals surface area contributed by atoms with E-state index in [0.29, 0.717) is 23.9 Å². The number of rotatable bonds is 7. The van der Waals surface area contributed by atoms with Gasteiger partial charge in [0.15, 0.2) is 0 Å². The molecule has 0 aliphatic carbocycles. The van der Waals surface area contributed by atoms with Crippen LogP contribution in [-0.4, -0.2) is 37.7 Å². The van der Waals surface area contributed by atoms with Gasteiger partial charge in [0.2, 0.25) is 0 Å². The molecule has 1 atom stereocenters. The maximum Gasteiger partial charge on any atom is 0.340 e. The third-order valence-electron chi connectivity index (χ3n) is 3.34. The number of thioether (sulfide) groups is 1. The second-order valence-corrected chi connectivity index (χ2v) is 5.72. The number of esters is 1. The third-order valence-corrected chi connectivity index (χ3v) is 3.98. The summed E-state index contributed by atoms with van der Waals surface area (Å²) in [7, 11) is 2.03. The molecule has 0 fully saturated rings. The van der Waals surface area contributed by atoms with Crippen LogP contribution in [0.1, 0.15) is 30.6 Å². The second kappa shape index (κ2) is 8.04. The van der Waals surface area contributed by atoms with Crippen LogP contribution in [-0.2, 0) is 4.74 Å². The summed E-state index contributed by atoms with van der Waals surface area (Å²) in [5.74, 6) is 0.752. The standard InChI is InChI=1S/C15H24N2O2S/c1-5-19-15(18)13-10-12(6-7-14(13)16)17(3)11(2)8-9-20-4/h6-7,10-11H,5,8-9,16H2,1-4H3. The first kappa shape index (κ1) is 16.7. The Morgan fingerprint density at radius 2 is 2.20 bits per heavy atom. The van der Waals surface area contributed by atoms with Crippen LogP contribution >= 0.6 is 11.8 Å². The number of nitrogen functional groups attached to an aromatic ring is 1. The summed E-state index contributed by atoms with van der Waals surface area (Å²) < 4.78 is 5.03. The normalized spacial score (nSPS) is 12.0. The maximum absolute atomic E-state index is 11.9. The lowest BCUT2D eigenvalue weighted by Crippen LogP contribution is -2.29. The second-order valence-electron chi connectivity index (χ2n) is 4.73. The predicted molar refractivity (Wildman–Crippen MR) is 87.7 cm³/mol. The van der Waals surface area contributed by atoms with E-state index in [2.05, 4.69) is 18.1 Å². The highest BCUT2D eigenvalue weighted by molar-refractivity contribution is 7.98.